The summed E-state index contributed by atoms with van der Waals surface area (Å²) in [6.07, 6.45) is 4.16. The first-order valence-corrected chi connectivity index (χ1v) is 10.8. The van der Waals surface area contributed by atoms with Crippen molar-refractivity contribution in [3.8, 4) is 0 Å². The highest BCUT2D eigenvalue weighted by molar-refractivity contribution is 5.94. The van der Waals surface area contributed by atoms with Gasteiger partial charge in [0.15, 0.2) is 0 Å². The zero-order valence-electron chi connectivity index (χ0n) is 17.5. The summed E-state index contributed by atoms with van der Waals surface area (Å²) in [5, 5.41) is 9.76. The Morgan fingerprint density at radius 1 is 1.19 bits per heavy atom. The number of hydrogen-bond acceptors (Lipinski definition) is 4. The topological polar surface area (TPSA) is 89.6 Å². The van der Waals surface area contributed by atoms with Crippen LogP contribution in [0.15, 0.2) is 41.3 Å². The van der Waals surface area contributed by atoms with Crippen molar-refractivity contribution in [2.24, 2.45) is 0 Å². The number of benzene rings is 1. The van der Waals surface area contributed by atoms with E-state index in [4.69, 9.17) is 9.72 Å². The largest absolute Gasteiger partial charge is 0.465 e. The molecule has 162 valence electrons. The van der Waals surface area contributed by atoms with Gasteiger partial charge in [0.1, 0.15) is 5.82 Å². The summed E-state index contributed by atoms with van der Waals surface area (Å²) in [6, 6.07) is 9.20. The van der Waals surface area contributed by atoms with E-state index in [2.05, 4.69) is 4.57 Å². The maximum atomic E-state index is 12.3. The molecule has 2 aromatic heterocycles. The van der Waals surface area contributed by atoms with Crippen LogP contribution in [0.2, 0.25) is 0 Å². The Labute approximate surface area is 179 Å². The predicted molar refractivity (Wildman–Crippen MR) is 117 cm³/mol. The third-order valence-electron chi connectivity index (χ3n) is 6.50. The number of carbonyl (C=O) groups is 1. The van der Waals surface area contributed by atoms with E-state index in [0.29, 0.717) is 19.8 Å². The zero-order valence-corrected chi connectivity index (χ0v) is 17.5. The molecule has 2 aliphatic rings. The Balaban J connectivity index is 1.69. The number of carboxylic acid groups (broad SMARTS) is 1. The smallest absolute Gasteiger partial charge is 0.412 e. The van der Waals surface area contributed by atoms with Crippen molar-refractivity contribution in [1.82, 2.24) is 14.1 Å². The fraction of sp³-hybridized carbons (Fsp3) is 0.435. The second-order valence-corrected chi connectivity index (χ2v) is 8.38. The summed E-state index contributed by atoms with van der Waals surface area (Å²) in [5.41, 5.74) is 3.48. The highest BCUT2D eigenvalue weighted by Crippen LogP contribution is 2.38. The number of pyridine rings is 1. The number of imidazole rings is 1. The van der Waals surface area contributed by atoms with E-state index in [1.165, 1.54) is 4.90 Å². The second-order valence-electron chi connectivity index (χ2n) is 8.38. The number of fused-ring (bicyclic) bond motifs is 3. The number of rotatable bonds is 3. The van der Waals surface area contributed by atoms with Crippen molar-refractivity contribution >= 4 is 22.8 Å². The van der Waals surface area contributed by atoms with E-state index in [1.807, 2.05) is 25.1 Å². The Morgan fingerprint density at radius 2 is 2.00 bits per heavy atom. The second kappa shape index (κ2) is 7.85. The molecule has 1 atom stereocenters. The van der Waals surface area contributed by atoms with Crippen molar-refractivity contribution in [1.29, 1.82) is 0 Å². The first kappa shape index (κ1) is 19.8. The molecule has 0 aliphatic carbocycles. The number of aromatic nitrogens is 3. The summed E-state index contributed by atoms with van der Waals surface area (Å²) in [7, 11) is 0. The minimum Gasteiger partial charge on any atom is -0.465 e. The quantitative estimate of drug-likeness (QED) is 0.699. The Kier molecular flexibility index (Phi) is 5.02. The first-order valence-electron chi connectivity index (χ1n) is 10.8. The molecule has 1 fully saturated rings. The van der Waals surface area contributed by atoms with E-state index < -0.39 is 6.09 Å². The molecule has 1 saturated heterocycles. The molecule has 1 amide bonds. The van der Waals surface area contributed by atoms with Gasteiger partial charge in [-0.25, -0.2) is 9.78 Å². The summed E-state index contributed by atoms with van der Waals surface area (Å²) < 4.78 is 9.48. The maximum Gasteiger partial charge on any atom is 0.412 e. The minimum absolute atomic E-state index is 0.0672. The number of nitrogens with zero attached hydrogens (tertiary/aromatic N) is 4. The van der Waals surface area contributed by atoms with Crippen LogP contribution in [-0.2, 0) is 17.7 Å². The van der Waals surface area contributed by atoms with Crippen LogP contribution < -0.4 is 10.5 Å². The average Bonchev–Trinajstić information content (AvgIpc) is 3.13. The van der Waals surface area contributed by atoms with Gasteiger partial charge in [0.25, 0.3) is 5.56 Å². The van der Waals surface area contributed by atoms with Crippen molar-refractivity contribution in [3.05, 3.63) is 58.3 Å². The van der Waals surface area contributed by atoms with Gasteiger partial charge in [-0.15, -0.1) is 0 Å². The summed E-state index contributed by atoms with van der Waals surface area (Å²) in [5.74, 6) is 0.823. The SMILES string of the molecule is C[C@H]1CCc2c(ccc3c2nc(Cn2ccccc2=O)n3C2CCOCC2)N1C(=O)O. The van der Waals surface area contributed by atoms with Crippen LogP contribution in [0.5, 0.6) is 0 Å². The molecule has 8 heteroatoms. The van der Waals surface area contributed by atoms with Gasteiger partial charge in [-0.2, -0.15) is 0 Å². The van der Waals surface area contributed by atoms with E-state index in [0.717, 1.165) is 53.8 Å². The molecule has 31 heavy (non-hydrogen) atoms. The summed E-state index contributed by atoms with van der Waals surface area (Å²) in [6.45, 7) is 3.71. The number of ether oxygens (including phenoxy) is 1. The van der Waals surface area contributed by atoms with Gasteiger partial charge in [-0.3, -0.25) is 9.69 Å². The van der Waals surface area contributed by atoms with Crippen molar-refractivity contribution < 1.29 is 14.6 Å². The molecule has 0 unspecified atom stereocenters. The van der Waals surface area contributed by atoms with Crippen LogP contribution in [0.4, 0.5) is 10.5 Å². The van der Waals surface area contributed by atoms with E-state index in [-0.39, 0.29) is 17.6 Å². The van der Waals surface area contributed by atoms with E-state index in [9.17, 15) is 14.7 Å². The van der Waals surface area contributed by atoms with Crippen LogP contribution in [0.25, 0.3) is 11.0 Å². The zero-order chi connectivity index (χ0) is 21.5. The lowest BCUT2D eigenvalue weighted by molar-refractivity contribution is 0.0698. The van der Waals surface area contributed by atoms with Gasteiger partial charge in [-0.05, 0) is 50.8 Å². The van der Waals surface area contributed by atoms with Crippen LogP contribution in [0.1, 0.15) is 43.6 Å². The average molecular weight is 422 g/mol. The van der Waals surface area contributed by atoms with Crippen molar-refractivity contribution in [3.63, 3.8) is 0 Å². The lowest BCUT2D eigenvalue weighted by Crippen LogP contribution is -2.41. The number of aryl methyl sites for hydroxylation is 1. The van der Waals surface area contributed by atoms with Crippen LogP contribution in [0.3, 0.4) is 0 Å². The molecule has 2 aliphatic heterocycles. The molecular weight excluding hydrogens is 396 g/mol. The molecule has 5 rings (SSSR count). The molecule has 1 aromatic carbocycles. The standard InChI is InChI=1S/C23H26N4O4/c1-15-5-6-17-18(26(15)23(29)30)7-8-19-22(17)24-20(14-25-11-3-2-4-21(25)28)27(19)16-9-12-31-13-10-16/h2-4,7-8,11,15-16H,5-6,9-10,12-14H2,1H3,(H,29,30)/t15-/m0/s1. The van der Waals surface area contributed by atoms with Gasteiger partial charge in [0.05, 0.1) is 23.3 Å². The molecule has 1 N–H and O–H groups in total. The molecule has 0 spiro atoms. The fourth-order valence-electron chi connectivity index (χ4n) is 4.94. The third-order valence-corrected chi connectivity index (χ3v) is 6.50. The number of hydrogen-bond donors (Lipinski definition) is 1. The van der Waals surface area contributed by atoms with E-state index >= 15 is 0 Å². The van der Waals surface area contributed by atoms with Crippen molar-refractivity contribution in [2.45, 2.75) is 51.2 Å². The molecule has 4 heterocycles. The number of amides is 1. The first-order chi connectivity index (χ1) is 15.0. The molecule has 0 radical (unpaired) electrons. The minimum atomic E-state index is -0.937. The van der Waals surface area contributed by atoms with Gasteiger partial charge in [0.2, 0.25) is 0 Å². The molecule has 3 aromatic rings. The predicted octanol–water partition coefficient (Wildman–Crippen LogP) is 3.42. The molecule has 8 nitrogen and oxygen atoms in total. The maximum absolute atomic E-state index is 12.3. The molecular formula is C23H26N4O4. The monoisotopic (exact) mass is 422 g/mol. The molecule has 0 saturated carbocycles. The summed E-state index contributed by atoms with van der Waals surface area (Å²) >= 11 is 0. The highest BCUT2D eigenvalue weighted by Gasteiger charge is 2.31. The normalized spacial score (nSPS) is 19.5. The van der Waals surface area contributed by atoms with Gasteiger partial charge in [0, 0.05) is 43.1 Å². The Morgan fingerprint density at radius 3 is 2.74 bits per heavy atom. The third kappa shape index (κ3) is 3.40. The van der Waals surface area contributed by atoms with Crippen LogP contribution in [0, 0.1) is 0 Å². The Bertz CT molecular complexity index is 1190. The van der Waals surface area contributed by atoms with Gasteiger partial charge in [-0.1, -0.05) is 6.07 Å². The lowest BCUT2D eigenvalue weighted by Gasteiger charge is -2.33. The van der Waals surface area contributed by atoms with E-state index in [1.54, 1.807) is 22.9 Å². The van der Waals surface area contributed by atoms with Crippen LogP contribution in [-0.4, -0.2) is 44.6 Å². The number of anilines is 1. The van der Waals surface area contributed by atoms with Gasteiger partial charge < -0.3 is 19.0 Å². The highest BCUT2D eigenvalue weighted by atomic mass is 16.5. The van der Waals surface area contributed by atoms with Gasteiger partial charge >= 0.3 is 6.09 Å². The Hall–Kier alpha value is -3.13. The summed E-state index contributed by atoms with van der Waals surface area (Å²) in [4.78, 5) is 30.7. The lowest BCUT2D eigenvalue weighted by atomic mass is 9.95. The fourth-order valence-corrected chi connectivity index (χ4v) is 4.94. The molecule has 0 bridgehead atoms. The van der Waals surface area contributed by atoms with Crippen LogP contribution >= 0.6 is 0 Å². The van der Waals surface area contributed by atoms with Crippen molar-refractivity contribution in [2.75, 3.05) is 18.1 Å².